The molecule has 3 atom stereocenters. The summed E-state index contributed by atoms with van der Waals surface area (Å²) in [4.78, 5) is 24.9. The third-order valence-corrected chi connectivity index (χ3v) is 4.93. The quantitative estimate of drug-likeness (QED) is 0.637. The Balaban J connectivity index is 2.27. The smallest absolute Gasteiger partial charge is 0.323 e. The van der Waals surface area contributed by atoms with Gasteiger partial charge in [0, 0.05) is 0 Å². The van der Waals surface area contributed by atoms with E-state index in [9.17, 15) is 9.59 Å². The molecule has 0 radical (unpaired) electrons. The molecule has 0 amide bonds. The number of carbonyl (C=O) groups excluding carboxylic acids is 2. The van der Waals surface area contributed by atoms with Gasteiger partial charge in [0.25, 0.3) is 0 Å². The predicted octanol–water partition coefficient (Wildman–Crippen LogP) is 4.70. The van der Waals surface area contributed by atoms with Gasteiger partial charge in [-0.05, 0) is 56.7 Å². The molecule has 5 nitrogen and oxygen atoms in total. The molecule has 2 rings (SSSR count). The van der Waals surface area contributed by atoms with E-state index in [-0.39, 0.29) is 11.9 Å². The number of esters is 2. The van der Waals surface area contributed by atoms with Crippen LogP contribution in [0, 0.1) is 5.92 Å². The van der Waals surface area contributed by atoms with Crippen molar-refractivity contribution in [2.75, 3.05) is 6.61 Å². The number of nitrogens with two attached hydrogens (primary N) is 1. The summed E-state index contributed by atoms with van der Waals surface area (Å²) in [5, 5.41) is 0. The van der Waals surface area contributed by atoms with Crippen LogP contribution in [0.1, 0.15) is 52.5 Å². The van der Waals surface area contributed by atoms with Crippen LogP contribution < -0.4 is 5.73 Å². The molecule has 162 valence electrons. The fraction of sp³-hybridized carbons (Fsp3) is 0.440. The van der Waals surface area contributed by atoms with Gasteiger partial charge < -0.3 is 15.2 Å². The van der Waals surface area contributed by atoms with E-state index in [4.69, 9.17) is 15.2 Å². The fourth-order valence-electron chi connectivity index (χ4n) is 3.37. The van der Waals surface area contributed by atoms with Gasteiger partial charge in [-0.15, -0.1) is 0 Å². The van der Waals surface area contributed by atoms with E-state index < -0.39 is 23.5 Å². The lowest BCUT2D eigenvalue weighted by molar-refractivity contribution is -0.157. The van der Waals surface area contributed by atoms with Gasteiger partial charge in [0.15, 0.2) is 0 Å². The molecule has 3 unspecified atom stereocenters. The van der Waals surface area contributed by atoms with E-state index in [1.807, 2.05) is 61.5 Å². The van der Waals surface area contributed by atoms with Gasteiger partial charge in [0.1, 0.15) is 11.6 Å². The first kappa shape index (κ1) is 23.6. The van der Waals surface area contributed by atoms with E-state index in [0.717, 1.165) is 16.7 Å². The average Bonchev–Trinajstić information content (AvgIpc) is 2.71. The van der Waals surface area contributed by atoms with Crippen LogP contribution in [0.5, 0.6) is 0 Å². The molecule has 0 aliphatic carbocycles. The Morgan fingerprint density at radius 2 is 1.50 bits per heavy atom. The zero-order chi connectivity index (χ0) is 22.3. The van der Waals surface area contributed by atoms with E-state index in [0.29, 0.717) is 13.0 Å². The first-order valence-corrected chi connectivity index (χ1v) is 10.4. The van der Waals surface area contributed by atoms with Gasteiger partial charge in [-0.3, -0.25) is 9.59 Å². The Labute approximate surface area is 179 Å². The van der Waals surface area contributed by atoms with Crippen molar-refractivity contribution < 1.29 is 19.1 Å². The standard InChI is InChI=1S/C25H33NO4/c1-6-29-23(27)17(2)21(16-22(26)24(28)30-25(3,4)5)20-14-12-19(13-15-20)18-10-8-7-9-11-18/h7-15,17,21-22H,6,16,26H2,1-5H3. The summed E-state index contributed by atoms with van der Waals surface area (Å²) in [6, 6.07) is 17.3. The summed E-state index contributed by atoms with van der Waals surface area (Å²) in [5.74, 6) is -1.48. The largest absolute Gasteiger partial charge is 0.466 e. The van der Waals surface area contributed by atoms with Crippen LogP contribution in [-0.4, -0.2) is 30.2 Å². The molecule has 0 bridgehead atoms. The summed E-state index contributed by atoms with van der Waals surface area (Å²) in [5.41, 5.74) is 8.69. The second-order valence-electron chi connectivity index (χ2n) is 8.51. The molecule has 0 heterocycles. The maximum absolute atomic E-state index is 12.4. The topological polar surface area (TPSA) is 78.6 Å². The second kappa shape index (κ2) is 10.4. The van der Waals surface area contributed by atoms with Crippen molar-refractivity contribution in [3.05, 3.63) is 60.2 Å². The van der Waals surface area contributed by atoms with Gasteiger partial charge in [-0.2, -0.15) is 0 Å². The summed E-state index contributed by atoms with van der Waals surface area (Å²) in [6.07, 6.45) is 0.291. The minimum atomic E-state index is -0.833. The van der Waals surface area contributed by atoms with Crippen LogP contribution in [0.3, 0.4) is 0 Å². The molecule has 30 heavy (non-hydrogen) atoms. The third kappa shape index (κ3) is 6.70. The number of rotatable bonds is 8. The minimum absolute atomic E-state index is 0.267. The lowest BCUT2D eigenvalue weighted by Crippen LogP contribution is -2.39. The molecule has 2 aromatic carbocycles. The number of benzene rings is 2. The molecule has 2 N–H and O–H groups in total. The van der Waals surface area contributed by atoms with Gasteiger partial charge >= 0.3 is 11.9 Å². The van der Waals surface area contributed by atoms with Gasteiger partial charge in [-0.1, -0.05) is 61.5 Å². The Morgan fingerprint density at radius 1 is 0.933 bits per heavy atom. The number of hydrogen-bond acceptors (Lipinski definition) is 5. The summed E-state index contributed by atoms with van der Waals surface area (Å²) >= 11 is 0. The zero-order valence-corrected chi connectivity index (χ0v) is 18.6. The molecule has 0 aliphatic rings. The first-order valence-electron chi connectivity index (χ1n) is 10.4. The molecule has 0 spiro atoms. The number of hydrogen-bond donors (Lipinski definition) is 1. The molecule has 5 heteroatoms. The highest BCUT2D eigenvalue weighted by molar-refractivity contribution is 5.77. The van der Waals surface area contributed by atoms with E-state index in [1.54, 1.807) is 27.7 Å². The monoisotopic (exact) mass is 411 g/mol. The second-order valence-corrected chi connectivity index (χ2v) is 8.51. The lowest BCUT2D eigenvalue weighted by Gasteiger charge is -2.27. The average molecular weight is 412 g/mol. The highest BCUT2D eigenvalue weighted by Crippen LogP contribution is 2.32. The van der Waals surface area contributed by atoms with E-state index in [1.165, 1.54) is 0 Å². The highest BCUT2D eigenvalue weighted by atomic mass is 16.6. The Morgan fingerprint density at radius 3 is 2.03 bits per heavy atom. The normalized spacial score (nSPS) is 14.5. The summed E-state index contributed by atoms with van der Waals surface area (Å²) in [7, 11) is 0. The van der Waals surface area contributed by atoms with Crippen molar-refractivity contribution in [1.29, 1.82) is 0 Å². The van der Waals surface area contributed by atoms with Crippen LogP contribution >= 0.6 is 0 Å². The Bertz CT molecular complexity index is 824. The summed E-state index contributed by atoms with van der Waals surface area (Å²) < 4.78 is 10.6. The van der Waals surface area contributed by atoms with Crippen LogP contribution in [0.15, 0.2) is 54.6 Å². The maximum Gasteiger partial charge on any atom is 0.323 e. The van der Waals surface area contributed by atoms with Crippen LogP contribution in [0.2, 0.25) is 0 Å². The molecule has 0 aromatic heterocycles. The van der Waals surface area contributed by atoms with Crippen molar-refractivity contribution in [3.8, 4) is 11.1 Å². The van der Waals surface area contributed by atoms with E-state index >= 15 is 0 Å². The van der Waals surface area contributed by atoms with Crippen molar-refractivity contribution in [2.24, 2.45) is 11.7 Å². The Kier molecular flexibility index (Phi) is 8.18. The van der Waals surface area contributed by atoms with E-state index in [2.05, 4.69) is 0 Å². The molecule has 2 aromatic rings. The highest BCUT2D eigenvalue weighted by Gasteiger charge is 2.32. The van der Waals surface area contributed by atoms with Crippen molar-refractivity contribution in [1.82, 2.24) is 0 Å². The number of ether oxygens (including phenoxy) is 2. The lowest BCUT2D eigenvalue weighted by atomic mass is 9.82. The van der Waals surface area contributed by atoms with Crippen LogP contribution in [0.4, 0.5) is 0 Å². The van der Waals surface area contributed by atoms with Gasteiger partial charge in [-0.25, -0.2) is 0 Å². The molecule has 0 saturated carbocycles. The molecule has 0 saturated heterocycles. The first-order chi connectivity index (χ1) is 14.1. The van der Waals surface area contributed by atoms with Crippen LogP contribution in [0.25, 0.3) is 11.1 Å². The fourth-order valence-corrected chi connectivity index (χ4v) is 3.37. The molecule has 0 aliphatic heterocycles. The Hall–Kier alpha value is -2.66. The van der Waals surface area contributed by atoms with Gasteiger partial charge in [0.05, 0.1) is 12.5 Å². The molecular weight excluding hydrogens is 378 g/mol. The van der Waals surface area contributed by atoms with Crippen molar-refractivity contribution in [3.63, 3.8) is 0 Å². The minimum Gasteiger partial charge on any atom is -0.466 e. The van der Waals surface area contributed by atoms with Crippen molar-refractivity contribution in [2.45, 2.75) is 58.6 Å². The predicted molar refractivity (Wildman–Crippen MR) is 119 cm³/mol. The third-order valence-electron chi connectivity index (χ3n) is 4.93. The number of carbonyl (C=O) groups is 2. The molecular formula is C25H33NO4. The van der Waals surface area contributed by atoms with Crippen molar-refractivity contribution >= 4 is 11.9 Å². The summed E-state index contributed by atoms with van der Waals surface area (Å²) in [6.45, 7) is 9.31. The zero-order valence-electron chi connectivity index (χ0n) is 18.6. The molecule has 0 fully saturated rings. The SMILES string of the molecule is CCOC(=O)C(C)C(CC(N)C(=O)OC(C)(C)C)c1ccc(-c2ccccc2)cc1. The maximum atomic E-state index is 12.4. The van der Waals surface area contributed by atoms with Crippen LogP contribution in [-0.2, 0) is 19.1 Å². The van der Waals surface area contributed by atoms with Gasteiger partial charge in [0.2, 0.25) is 0 Å².